The molecule has 0 bridgehead atoms. The summed E-state index contributed by atoms with van der Waals surface area (Å²) in [5, 5.41) is 7.22. The molecule has 0 fully saturated rings. The highest BCUT2D eigenvalue weighted by atomic mass is 16.7. The van der Waals surface area contributed by atoms with Gasteiger partial charge in [0, 0.05) is 19.2 Å². The van der Waals surface area contributed by atoms with Crippen molar-refractivity contribution in [2.45, 2.75) is 26.2 Å². The molecule has 1 aromatic heterocycles. The average Bonchev–Trinajstić information content (AvgIpc) is 3.16. The minimum Gasteiger partial charge on any atom is -0.454 e. The van der Waals surface area contributed by atoms with Gasteiger partial charge in [0.05, 0.1) is 5.69 Å². The molecule has 1 aromatic carbocycles. The fourth-order valence-corrected chi connectivity index (χ4v) is 2.57. The average molecular weight is 315 g/mol. The number of hydrogen-bond donors (Lipinski definition) is 1. The highest BCUT2D eigenvalue weighted by molar-refractivity contribution is 5.93. The van der Waals surface area contributed by atoms with Gasteiger partial charge in [0.25, 0.3) is 5.91 Å². The molecular formula is C17H21N3O3. The SMILES string of the molecule is CCCCCNC(=O)c1cc(-c2ccc3c(c2)OCO3)n(C)n1. The second-order valence-corrected chi connectivity index (χ2v) is 5.57. The van der Waals surface area contributed by atoms with Gasteiger partial charge in [-0.1, -0.05) is 19.8 Å². The number of carbonyl (C=O) groups is 1. The molecule has 0 aliphatic carbocycles. The molecular weight excluding hydrogens is 294 g/mol. The topological polar surface area (TPSA) is 65.4 Å². The Morgan fingerprint density at radius 1 is 1.26 bits per heavy atom. The number of unbranched alkanes of at least 4 members (excludes halogenated alkanes) is 2. The second-order valence-electron chi connectivity index (χ2n) is 5.57. The number of hydrogen-bond acceptors (Lipinski definition) is 4. The van der Waals surface area contributed by atoms with E-state index in [1.807, 2.05) is 25.2 Å². The van der Waals surface area contributed by atoms with Gasteiger partial charge >= 0.3 is 0 Å². The van der Waals surface area contributed by atoms with Gasteiger partial charge in [0.15, 0.2) is 17.2 Å². The first-order valence-corrected chi connectivity index (χ1v) is 7.91. The van der Waals surface area contributed by atoms with E-state index >= 15 is 0 Å². The van der Waals surface area contributed by atoms with Crippen LogP contribution in [0.4, 0.5) is 0 Å². The monoisotopic (exact) mass is 315 g/mol. The predicted octanol–water partition coefficient (Wildman–Crippen LogP) is 2.74. The number of ether oxygens (including phenoxy) is 2. The van der Waals surface area contributed by atoms with Crippen molar-refractivity contribution < 1.29 is 14.3 Å². The Morgan fingerprint density at radius 2 is 2.09 bits per heavy atom. The summed E-state index contributed by atoms with van der Waals surface area (Å²) in [6, 6.07) is 7.51. The third-order valence-corrected chi connectivity index (χ3v) is 3.85. The van der Waals surface area contributed by atoms with Gasteiger partial charge in [0.1, 0.15) is 0 Å². The first-order valence-electron chi connectivity index (χ1n) is 7.91. The summed E-state index contributed by atoms with van der Waals surface area (Å²) in [4.78, 5) is 12.2. The quantitative estimate of drug-likeness (QED) is 0.833. The molecule has 2 aromatic rings. The molecule has 0 atom stereocenters. The van der Waals surface area contributed by atoms with Crippen molar-refractivity contribution in [2.75, 3.05) is 13.3 Å². The van der Waals surface area contributed by atoms with Crippen LogP contribution in [-0.2, 0) is 7.05 Å². The van der Waals surface area contributed by atoms with Crippen LogP contribution in [0, 0.1) is 0 Å². The van der Waals surface area contributed by atoms with Gasteiger partial charge in [0.2, 0.25) is 6.79 Å². The third kappa shape index (κ3) is 3.31. The first kappa shape index (κ1) is 15.4. The Labute approximate surface area is 135 Å². The van der Waals surface area contributed by atoms with Crippen molar-refractivity contribution in [3.05, 3.63) is 30.0 Å². The smallest absolute Gasteiger partial charge is 0.271 e. The molecule has 1 amide bonds. The van der Waals surface area contributed by atoms with Crippen LogP contribution < -0.4 is 14.8 Å². The molecule has 1 aliphatic rings. The van der Waals surface area contributed by atoms with Crippen LogP contribution in [0.1, 0.15) is 36.7 Å². The lowest BCUT2D eigenvalue weighted by Crippen LogP contribution is -2.24. The fraction of sp³-hybridized carbons (Fsp3) is 0.412. The van der Waals surface area contributed by atoms with E-state index in [0.29, 0.717) is 18.0 Å². The highest BCUT2D eigenvalue weighted by Gasteiger charge is 2.17. The summed E-state index contributed by atoms with van der Waals surface area (Å²) in [7, 11) is 1.83. The molecule has 1 aliphatic heterocycles. The van der Waals surface area contributed by atoms with Crippen LogP contribution in [0.25, 0.3) is 11.3 Å². The molecule has 3 rings (SSSR count). The number of amides is 1. The lowest BCUT2D eigenvalue weighted by molar-refractivity contribution is 0.0947. The summed E-state index contributed by atoms with van der Waals surface area (Å²) < 4.78 is 12.4. The summed E-state index contributed by atoms with van der Waals surface area (Å²) >= 11 is 0. The summed E-state index contributed by atoms with van der Waals surface area (Å²) in [6.07, 6.45) is 3.24. The van der Waals surface area contributed by atoms with Gasteiger partial charge in [-0.15, -0.1) is 0 Å². The lowest BCUT2D eigenvalue weighted by Gasteiger charge is -2.03. The molecule has 6 heteroatoms. The van der Waals surface area contributed by atoms with E-state index in [9.17, 15) is 4.79 Å². The van der Waals surface area contributed by atoms with Gasteiger partial charge < -0.3 is 14.8 Å². The van der Waals surface area contributed by atoms with Crippen LogP contribution in [0.3, 0.4) is 0 Å². The number of carbonyl (C=O) groups excluding carboxylic acids is 1. The number of aryl methyl sites for hydroxylation is 1. The van der Waals surface area contributed by atoms with E-state index in [4.69, 9.17) is 9.47 Å². The maximum Gasteiger partial charge on any atom is 0.271 e. The van der Waals surface area contributed by atoms with Gasteiger partial charge in [-0.25, -0.2) is 0 Å². The number of nitrogens with one attached hydrogen (secondary N) is 1. The zero-order chi connectivity index (χ0) is 16.2. The molecule has 0 unspecified atom stereocenters. The molecule has 0 saturated carbocycles. The van der Waals surface area contributed by atoms with E-state index in [0.717, 1.165) is 36.3 Å². The Balaban J connectivity index is 1.74. The van der Waals surface area contributed by atoms with Crippen molar-refractivity contribution >= 4 is 5.91 Å². The minimum absolute atomic E-state index is 0.135. The van der Waals surface area contributed by atoms with Crippen molar-refractivity contribution in [3.63, 3.8) is 0 Å². The zero-order valence-electron chi connectivity index (χ0n) is 13.5. The summed E-state index contributed by atoms with van der Waals surface area (Å²) in [5.41, 5.74) is 2.23. The summed E-state index contributed by atoms with van der Waals surface area (Å²) in [5.74, 6) is 1.32. The van der Waals surface area contributed by atoms with Crippen LogP contribution in [0.15, 0.2) is 24.3 Å². The van der Waals surface area contributed by atoms with Crippen LogP contribution in [-0.4, -0.2) is 29.0 Å². The maximum atomic E-state index is 12.2. The number of nitrogens with zero attached hydrogens (tertiary/aromatic N) is 2. The van der Waals surface area contributed by atoms with E-state index in [-0.39, 0.29) is 12.7 Å². The number of benzene rings is 1. The molecule has 2 heterocycles. The molecule has 6 nitrogen and oxygen atoms in total. The van der Waals surface area contributed by atoms with E-state index < -0.39 is 0 Å². The van der Waals surface area contributed by atoms with Gasteiger partial charge in [-0.05, 0) is 30.7 Å². The zero-order valence-corrected chi connectivity index (χ0v) is 13.5. The van der Waals surface area contributed by atoms with E-state index in [1.54, 1.807) is 10.7 Å². The van der Waals surface area contributed by atoms with Gasteiger partial charge in [-0.2, -0.15) is 5.10 Å². The summed E-state index contributed by atoms with van der Waals surface area (Å²) in [6.45, 7) is 3.07. The van der Waals surface area contributed by atoms with Gasteiger partial charge in [-0.3, -0.25) is 9.48 Å². The maximum absolute atomic E-state index is 12.2. The van der Waals surface area contributed by atoms with Crippen molar-refractivity contribution in [3.8, 4) is 22.8 Å². The van der Waals surface area contributed by atoms with Crippen molar-refractivity contribution in [1.82, 2.24) is 15.1 Å². The number of aromatic nitrogens is 2. The normalized spacial score (nSPS) is 12.4. The van der Waals surface area contributed by atoms with E-state index in [1.165, 1.54) is 0 Å². The predicted molar refractivity (Wildman–Crippen MR) is 86.6 cm³/mol. The third-order valence-electron chi connectivity index (χ3n) is 3.85. The molecule has 0 radical (unpaired) electrons. The lowest BCUT2D eigenvalue weighted by atomic mass is 10.1. The van der Waals surface area contributed by atoms with Crippen LogP contribution >= 0.6 is 0 Å². The highest BCUT2D eigenvalue weighted by Crippen LogP contribution is 2.35. The standard InChI is InChI=1S/C17H21N3O3/c1-3-4-5-8-18-17(21)13-10-14(20(2)19-13)12-6-7-15-16(9-12)23-11-22-15/h6-7,9-10H,3-5,8,11H2,1-2H3,(H,18,21). The number of fused-ring (bicyclic) bond motifs is 1. The molecule has 0 spiro atoms. The molecule has 122 valence electrons. The van der Waals surface area contributed by atoms with Crippen molar-refractivity contribution in [1.29, 1.82) is 0 Å². The Kier molecular flexibility index (Phi) is 4.50. The second kappa shape index (κ2) is 6.73. The van der Waals surface area contributed by atoms with Crippen LogP contribution in [0.2, 0.25) is 0 Å². The largest absolute Gasteiger partial charge is 0.454 e. The molecule has 1 N–H and O–H groups in total. The molecule has 0 saturated heterocycles. The van der Waals surface area contributed by atoms with Crippen molar-refractivity contribution in [2.24, 2.45) is 7.05 Å². The number of rotatable bonds is 6. The Morgan fingerprint density at radius 3 is 2.91 bits per heavy atom. The minimum atomic E-state index is -0.135. The van der Waals surface area contributed by atoms with Crippen LogP contribution in [0.5, 0.6) is 11.5 Å². The Bertz CT molecular complexity index is 709. The van der Waals surface area contributed by atoms with E-state index in [2.05, 4.69) is 17.3 Å². The fourth-order valence-electron chi connectivity index (χ4n) is 2.57. The molecule has 23 heavy (non-hydrogen) atoms. The Hall–Kier alpha value is -2.50. The first-order chi connectivity index (χ1) is 11.2.